The molecule has 7 heavy (non-hydrogen) atoms. The fourth-order valence-corrected chi connectivity index (χ4v) is 0. The molecule has 0 saturated carbocycles. The standard InChI is InChI=1S/Hf.H3N.H2O4S/c;;1-5(2,3)4/h;1H3;(H2,1,2,3,4)/q+1;;/p-1. The molecule has 43 valence electrons. The molecule has 0 aromatic rings. The summed E-state index contributed by atoms with van der Waals surface area (Å²) in [5.41, 5.74) is 0. The zero-order valence-corrected chi connectivity index (χ0v) is 7.95. The summed E-state index contributed by atoms with van der Waals surface area (Å²) in [4.78, 5) is 0. The minimum absolute atomic E-state index is 0. The van der Waals surface area contributed by atoms with Crippen LogP contribution in [0.15, 0.2) is 0 Å². The molecule has 1 radical (unpaired) electrons. The zero-order valence-electron chi connectivity index (χ0n) is 3.54. The smallest absolute Gasteiger partial charge is 0.759 e. The first-order valence-electron chi connectivity index (χ1n) is 0.667. The SMILES string of the molecule is O=S(=O)([O-])[O-].[Hf+].[NH4+]. The third-order valence-corrected chi connectivity index (χ3v) is 0. The maximum absolute atomic E-state index is 8.52. The first-order valence-corrected chi connectivity index (χ1v) is 2.00. The van der Waals surface area contributed by atoms with E-state index in [1.165, 1.54) is 0 Å². The molecule has 0 atom stereocenters. The maximum atomic E-state index is 8.52. The molecule has 0 aromatic carbocycles. The van der Waals surface area contributed by atoms with Crippen LogP contribution in [0.25, 0.3) is 0 Å². The Morgan fingerprint density at radius 3 is 1.14 bits per heavy atom. The van der Waals surface area contributed by atoms with Crippen LogP contribution in [-0.4, -0.2) is 17.5 Å². The second-order valence-electron chi connectivity index (χ2n) is 0.408. The predicted octanol–water partition coefficient (Wildman–Crippen LogP) is -0.964. The van der Waals surface area contributed by atoms with E-state index >= 15 is 0 Å². The molecule has 0 aliphatic rings. The average molecular weight is 293 g/mol. The molecule has 0 saturated heterocycles. The second-order valence-corrected chi connectivity index (χ2v) is 1.22. The summed E-state index contributed by atoms with van der Waals surface area (Å²) < 4.78 is 34.1. The van der Waals surface area contributed by atoms with E-state index in [1.54, 1.807) is 0 Å². The van der Waals surface area contributed by atoms with Crippen molar-refractivity contribution in [2.24, 2.45) is 0 Å². The average Bonchev–Trinajstić information content (AvgIpc) is 0.722. The molecule has 0 rings (SSSR count). The minimum Gasteiger partial charge on any atom is -0.759 e. The van der Waals surface area contributed by atoms with Crippen LogP contribution in [0.2, 0.25) is 0 Å². The monoisotopic (exact) mass is 294 g/mol. The van der Waals surface area contributed by atoms with Gasteiger partial charge in [0, 0.05) is 10.4 Å². The molecular formula is H4HfNO4S. The van der Waals surface area contributed by atoms with E-state index < -0.39 is 10.4 Å². The van der Waals surface area contributed by atoms with Crippen LogP contribution in [0.4, 0.5) is 0 Å². The maximum Gasteiger partial charge on any atom is 1.00 e. The van der Waals surface area contributed by atoms with Crippen molar-refractivity contribution in [2.45, 2.75) is 0 Å². The van der Waals surface area contributed by atoms with Crippen LogP contribution < -0.4 is 6.15 Å². The van der Waals surface area contributed by atoms with Crippen molar-refractivity contribution in [1.29, 1.82) is 0 Å². The first kappa shape index (κ1) is 15.6. The molecule has 5 nitrogen and oxygen atoms in total. The summed E-state index contributed by atoms with van der Waals surface area (Å²) in [6, 6.07) is 0. The quantitative estimate of drug-likeness (QED) is 0.351. The van der Waals surface area contributed by atoms with Gasteiger partial charge in [-0.1, -0.05) is 0 Å². The van der Waals surface area contributed by atoms with Crippen LogP contribution >= 0.6 is 0 Å². The van der Waals surface area contributed by atoms with Crippen LogP contribution in [0, 0.1) is 0 Å². The van der Waals surface area contributed by atoms with Crippen molar-refractivity contribution in [3.63, 3.8) is 0 Å². The van der Waals surface area contributed by atoms with Crippen molar-refractivity contribution in [3.05, 3.63) is 0 Å². The Morgan fingerprint density at radius 1 is 1.14 bits per heavy atom. The summed E-state index contributed by atoms with van der Waals surface area (Å²) in [7, 11) is -5.17. The van der Waals surface area contributed by atoms with Crippen LogP contribution in [0.5, 0.6) is 0 Å². The molecule has 0 aromatic heterocycles. The molecule has 0 bridgehead atoms. The van der Waals surface area contributed by atoms with Crippen molar-refractivity contribution in [1.82, 2.24) is 6.15 Å². The Bertz CT molecular complexity index is 94.9. The Kier molecular flexibility index (Phi) is 10.8. The molecule has 4 N–H and O–H groups in total. The van der Waals surface area contributed by atoms with E-state index in [-0.39, 0.29) is 32.0 Å². The third kappa shape index (κ3) is 302. The van der Waals surface area contributed by atoms with E-state index in [4.69, 9.17) is 17.5 Å². The zero-order chi connectivity index (χ0) is 4.50. The van der Waals surface area contributed by atoms with Gasteiger partial charge in [0.15, 0.2) is 0 Å². The van der Waals surface area contributed by atoms with Gasteiger partial charge < -0.3 is 15.3 Å². The fraction of sp³-hybridized carbons (Fsp3) is 0. The van der Waals surface area contributed by atoms with Gasteiger partial charge >= 0.3 is 25.8 Å². The largest absolute Gasteiger partial charge is 1.00 e. The van der Waals surface area contributed by atoms with E-state index in [1.807, 2.05) is 0 Å². The van der Waals surface area contributed by atoms with Gasteiger partial charge in [-0.25, -0.2) is 0 Å². The Labute approximate surface area is 60.1 Å². The van der Waals surface area contributed by atoms with Gasteiger partial charge in [0.05, 0.1) is 0 Å². The van der Waals surface area contributed by atoms with Crippen LogP contribution in [0.3, 0.4) is 0 Å². The Hall–Kier alpha value is 0.700. The first-order chi connectivity index (χ1) is 2.00. The molecular weight excluding hydrogens is 289 g/mol. The number of rotatable bonds is 0. The van der Waals surface area contributed by atoms with Gasteiger partial charge in [0.1, 0.15) is 0 Å². The van der Waals surface area contributed by atoms with Crippen LogP contribution in [-0.2, 0) is 36.2 Å². The van der Waals surface area contributed by atoms with Crippen LogP contribution in [0.1, 0.15) is 0 Å². The van der Waals surface area contributed by atoms with E-state index in [9.17, 15) is 0 Å². The molecule has 0 fully saturated rings. The summed E-state index contributed by atoms with van der Waals surface area (Å²) in [5, 5.41) is 0. The van der Waals surface area contributed by atoms with Crippen molar-refractivity contribution >= 4 is 10.4 Å². The fourth-order valence-electron chi connectivity index (χ4n) is 0. The Morgan fingerprint density at radius 2 is 1.14 bits per heavy atom. The van der Waals surface area contributed by atoms with Crippen molar-refractivity contribution in [2.75, 3.05) is 0 Å². The van der Waals surface area contributed by atoms with Crippen molar-refractivity contribution < 1.29 is 43.4 Å². The van der Waals surface area contributed by atoms with Gasteiger partial charge in [0.25, 0.3) is 0 Å². The van der Waals surface area contributed by atoms with Gasteiger partial charge in [-0.2, -0.15) is 0 Å². The van der Waals surface area contributed by atoms with E-state index in [0.717, 1.165) is 0 Å². The third-order valence-electron chi connectivity index (χ3n) is 0. The number of hydrogen-bond donors (Lipinski definition) is 1. The molecule has 7 heteroatoms. The normalized spacial score (nSPS) is 8.29. The van der Waals surface area contributed by atoms with Gasteiger partial charge in [-0.3, -0.25) is 8.42 Å². The molecule has 0 spiro atoms. The summed E-state index contributed by atoms with van der Waals surface area (Å²) in [6.07, 6.45) is 0. The predicted molar refractivity (Wildman–Crippen MR) is 16.5 cm³/mol. The van der Waals surface area contributed by atoms with Gasteiger partial charge in [-0.05, 0) is 0 Å². The summed E-state index contributed by atoms with van der Waals surface area (Å²) >= 11 is 0. The van der Waals surface area contributed by atoms with E-state index in [2.05, 4.69) is 0 Å². The molecule has 0 aliphatic carbocycles. The van der Waals surface area contributed by atoms with Gasteiger partial charge in [-0.15, -0.1) is 0 Å². The van der Waals surface area contributed by atoms with Crippen molar-refractivity contribution in [3.8, 4) is 0 Å². The van der Waals surface area contributed by atoms with E-state index in [0.29, 0.717) is 0 Å². The number of quaternary nitrogens is 1. The molecule has 0 amide bonds. The van der Waals surface area contributed by atoms with Gasteiger partial charge in [0.2, 0.25) is 0 Å². The molecule has 0 heterocycles. The molecule has 0 unspecified atom stereocenters. The summed E-state index contributed by atoms with van der Waals surface area (Å²) in [5.74, 6) is 0. The molecule has 0 aliphatic heterocycles. The minimum atomic E-state index is -5.17. The topological polar surface area (TPSA) is 117 Å². The number of hydrogen-bond acceptors (Lipinski definition) is 4. The summed E-state index contributed by atoms with van der Waals surface area (Å²) in [6.45, 7) is 0. The Balaban J connectivity index is -0.0000000800. The second kappa shape index (κ2) is 4.85.